The molecule has 100 valence electrons. The quantitative estimate of drug-likeness (QED) is 0.886. The molecule has 4 nitrogen and oxygen atoms in total. The van der Waals surface area contributed by atoms with Gasteiger partial charge in [0, 0.05) is 36.6 Å². The summed E-state index contributed by atoms with van der Waals surface area (Å²) in [4.78, 5) is 11.5. The molecule has 2 heterocycles. The summed E-state index contributed by atoms with van der Waals surface area (Å²) in [5, 5.41) is 3.32. The van der Waals surface area contributed by atoms with Crippen LogP contribution >= 0.6 is 0 Å². The molecule has 1 aromatic heterocycles. The van der Waals surface area contributed by atoms with Gasteiger partial charge in [-0.25, -0.2) is 9.97 Å². The highest BCUT2D eigenvalue weighted by Crippen LogP contribution is 2.26. The molecule has 1 saturated heterocycles. The van der Waals surface area contributed by atoms with Gasteiger partial charge in [0.15, 0.2) is 0 Å². The van der Waals surface area contributed by atoms with Crippen LogP contribution in [0.2, 0.25) is 0 Å². The van der Waals surface area contributed by atoms with E-state index in [1.54, 1.807) is 0 Å². The number of hydrogen-bond acceptors (Lipinski definition) is 4. The Bertz CT molecular complexity index is 405. The van der Waals surface area contributed by atoms with Crippen molar-refractivity contribution in [1.82, 2.24) is 15.3 Å². The van der Waals surface area contributed by atoms with Crippen molar-refractivity contribution in [2.45, 2.75) is 46.7 Å². The van der Waals surface area contributed by atoms with E-state index in [1.165, 1.54) is 12.0 Å². The summed E-state index contributed by atoms with van der Waals surface area (Å²) in [6, 6.07) is 0.555. The van der Waals surface area contributed by atoms with Crippen molar-refractivity contribution >= 4 is 5.95 Å². The van der Waals surface area contributed by atoms with Crippen LogP contribution in [-0.4, -0.2) is 29.1 Å². The number of aryl methyl sites for hydroxylation is 1. The second-order valence-corrected chi connectivity index (χ2v) is 5.40. The summed E-state index contributed by atoms with van der Waals surface area (Å²) in [5.41, 5.74) is 2.29. The van der Waals surface area contributed by atoms with E-state index in [1.807, 2.05) is 6.20 Å². The maximum Gasteiger partial charge on any atom is 0.225 e. The van der Waals surface area contributed by atoms with Crippen molar-refractivity contribution in [2.24, 2.45) is 5.92 Å². The maximum absolute atomic E-state index is 4.67. The van der Waals surface area contributed by atoms with E-state index in [-0.39, 0.29) is 0 Å². The summed E-state index contributed by atoms with van der Waals surface area (Å²) in [5.74, 6) is 1.63. The van der Waals surface area contributed by atoms with Gasteiger partial charge >= 0.3 is 0 Å². The van der Waals surface area contributed by atoms with E-state index in [0.29, 0.717) is 6.04 Å². The van der Waals surface area contributed by atoms with E-state index in [0.717, 1.165) is 37.2 Å². The third kappa shape index (κ3) is 2.80. The van der Waals surface area contributed by atoms with Gasteiger partial charge in [0.1, 0.15) is 0 Å². The largest absolute Gasteiger partial charge is 0.338 e. The molecular weight excluding hydrogens is 224 g/mol. The van der Waals surface area contributed by atoms with Crippen molar-refractivity contribution in [3.05, 3.63) is 17.5 Å². The average Bonchev–Trinajstić information content (AvgIpc) is 2.67. The second-order valence-electron chi connectivity index (χ2n) is 5.40. The van der Waals surface area contributed by atoms with Crippen LogP contribution < -0.4 is 10.2 Å². The number of hydrogen-bond donors (Lipinski definition) is 1. The Labute approximate surface area is 110 Å². The highest BCUT2D eigenvalue weighted by atomic mass is 15.3. The number of aromatic nitrogens is 2. The Morgan fingerprint density at radius 1 is 1.44 bits per heavy atom. The summed E-state index contributed by atoms with van der Waals surface area (Å²) in [7, 11) is 0. The van der Waals surface area contributed by atoms with Gasteiger partial charge in [-0.3, -0.25) is 0 Å². The summed E-state index contributed by atoms with van der Waals surface area (Å²) in [6.45, 7) is 11.6. The Kier molecular flexibility index (Phi) is 4.17. The van der Waals surface area contributed by atoms with Crippen LogP contribution in [0.5, 0.6) is 0 Å². The molecule has 0 bridgehead atoms. The first-order valence-corrected chi connectivity index (χ1v) is 6.91. The van der Waals surface area contributed by atoms with E-state index >= 15 is 0 Å². The van der Waals surface area contributed by atoms with E-state index in [4.69, 9.17) is 0 Å². The van der Waals surface area contributed by atoms with E-state index in [9.17, 15) is 0 Å². The molecule has 0 radical (unpaired) electrons. The first-order valence-electron chi connectivity index (χ1n) is 6.91. The molecule has 2 unspecified atom stereocenters. The van der Waals surface area contributed by atoms with E-state index < -0.39 is 0 Å². The van der Waals surface area contributed by atoms with Crippen LogP contribution in [0.3, 0.4) is 0 Å². The van der Waals surface area contributed by atoms with Crippen LogP contribution in [0.4, 0.5) is 5.95 Å². The molecule has 0 amide bonds. The second kappa shape index (κ2) is 5.65. The van der Waals surface area contributed by atoms with Crippen LogP contribution in [0.1, 0.15) is 38.4 Å². The molecule has 1 N–H and O–H groups in total. The van der Waals surface area contributed by atoms with Crippen molar-refractivity contribution in [3.8, 4) is 0 Å². The third-order valence-corrected chi connectivity index (χ3v) is 3.67. The van der Waals surface area contributed by atoms with Crippen LogP contribution in [0.15, 0.2) is 6.20 Å². The summed E-state index contributed by atoms with van der Waals surface area (Å²) >= 11 is 0. The average molecular weight is 248 g/mol. The maximum atomic E-state index is 4.67. The first kappa shape index (κ1) is 13.3. The lowest BCUT2D eigenvalue weighted by Crippen LogP contribution is -2.29. The summed E-state index contributed by atoms with van der Waals surface area (Å²) < 4.78 is 0. The molecule has 1 fully saturated rings. The smallest absolute Gasteiger partial charge is 0.225 e. The van der Waals surface area contributed by atoms with Gasteiger partial charge < -0.3 is 10.2 Å². The molecule has 0 aliphatic carbocycles. The number of rotatable bonds is 4. The lowest BCUT2D eigenvalue weighted by molar-refractivity contribution is 0.624. The highest BCUT2D eigenvalue weighted by molar-refractivity contribution is 5.36. The van der Waals surface area contributed by atoms with Crippen LogP contribution in [0, 0.1) is 12.8 Å². The van der Waals surface area contributed by atoms with Gasteiger partial charge in [-0.2, -0.15) is 0 Å². The van der Waals surface area contributed by atoms with Crippen molar-refractivity contribution in [2.75, 3.05) is 18.0 Å². The zero-order valence-corrected chi connectivity index (χ0v) is 11.9. The molecule has 0 aromatic carbocycles. The van der Waals surface area contributed by atoms with Crippen molar-refractivity contribution in [3.63, 3.8) is 0 Å². The Balaban J connectivity index is 2.13. The topological polar surface area (TPSA) is 41.1 Å². The lowest BCUT2D eigenvalue weighted by Gasteiger charge is -2.22. The number of anilines is 1. The highest BCUT2D eigenvalue weighted by Gasteiger charge is 2.28. The van der Waals surface area contributed by atoms with Crippen molar-refractivity contribution < 1.29 is 0 Å². The van der Waals surface area contributed by atoms with E-state index in [2.05, 4.69) is 47.9 Å². The van der Waals surface area contributed by atoms with Gasteiger partial charge in [0.25, 0.3) is 0 Å². The van der Waals surface area contributed by atoms with Crippen molar-refractivity contribution in [1.29, 1.82) is 0 Å². The standard InChI is InChI=1S/C14H24N4/c1-5-15-7-13-8-16-14(17-12(13)4)18-9-10(2)6-11(18)3/h8,10-11,15H,5-7,9H2,1-4H3. The molecule has 1 aliphatic rings. The monoisotopic (exact) mass is 248 g/mol. The molecule has 18 heavy (non-hydrogen) atoms. The minimum Gasteiger partial charge on any atom is -0.338 e. The summed E-state index contributed by atoms with van der Waals surface area (Å²) in [6.07, 6.45) is 3.21. The van der Waals surface area contributed by atoms with Gasteiger partial charge in [-0.15, -0.1) is 0 Å². The Morgan fingerprint density at radius 2 is 2.22 bits per heavy atom. The Hall–Kier alpha value is -1.16. The minimum atomic E-state index is 0.555. The molecule has 0 spiro atoms. The van der Waals surface area contributed by atoms with Gasteiger partial charge in [0.2, 0.25) is 5.95 Å². The van der Waals surface area contributed by atoms with Gasteiger partial charge in [0.05, 0.1) is 0 Å². The lowest BCUT2D eigenvalue weighted by atomic mass is 10.1. The molecule has 1 aromatic rings. The number of nitrogens with one attached hydrogen (secondary N) is 1. The molecule has 1 aliphatic heterocycles. The first-order chi connectivity index (χ1) is 8.61. The third-order valence-electron chi connectivity index (χ3n) is 3.67. The Morgan fingerprint density at radius 3 is 2.78 bits per heavy atom. The normalized spacial score (nSPS) is 23.7. The van der Waals surface area contributed by atoms with Gasteiger partial charge in [-0.05, 0) is 32.7 Å². The predicted molar refractivity (Wildman–Crippen MR) is 74.7 cm³/mol. The fourth-order valence-corrected chi connectivity index (χ4v) is 2.63. The zero-order valence-electron chi connectivity index (χ0n) is 11.9. The zero-order chi connectivity index (χ0) is 13.1. The number of nitrogens with zero attached hydrogens (tertiary/aromatic N) is 3. The fourth-order valence-electron chi connectivity index (χ4n) is 2.63. The predicted octanol–water partition coefficient (Wildman–Crippen LogP) is 2.13. The SMILES string of the molecule is CCNCc1cnc(N2CC(C)CC2C)nc1C. The van der Waals surface area contributed by atoms with Gasteiger partial charge in [-0.1, -0.05) is 13.8 Å². The molecule has 2 rings (SSSR count). The molecule has 0 saturated carbocycles. The molecule has 2 atom stereocenters. The molecular formula is C14H24N4. The van der Waals surface area contributed by atoms with Crippen LogP contribution in [0.25, 0.3) is 0 Å². The van der Waals surface area contributed by atoms with Crippen LogP contribution in [-0.2, 0) is 6.54 Å². The fraction of sp³-hybridized carbons (Fsp3) is 0.714. The molecule has 4 heteroatoms. The minimum absolute atomic E-state index is 0.555.